The van der Waals surface area contributed by atoms with Crippen LogP contribution in [0.15, 0.2) is 11.0 Å². The molecule has 2 aromatic rings. The van der Waals surface area contributed by atoms with Crippen LogP contribution in [0.2, 0.25) is 5.15 Å². The Kier molecular flexibility index (Phi) is 3.08. The molecule has 122 valence electrons. The molecule has 1 saturated carbocycles. The average Bonchev–Trinajstić information content (AvgIpc) is 3.12. The van der Waals surface area contributed by atoms with Crippen molar-refractivity contribution in [2.24, 2.45) is 5.92 Å². The van der Waals surface area contributed by atoms with E-state index in [0.717, 1.165) is 0 Å². The van der Waals surface area contributed by atoms with E-state index in [9.17, 15) is 18.0 Å². The first-order valence-electron chi connectivity index (χ1n) is 6.87. The van der Waals surface area contributed by atoms with Gasteiger partial charge in [-0.1, -0.05) is 11.6 Å². The molecule has 4 rings (SSSR count). The minimum Gasteiger partial charge on any atom is -0.379 e. The van der Waals surface area contributed by atoms with E-state index < -0.39 is 34.5 Å². The molecular weight excluding hydrogens is 337 g/mol. The summed E-state index contributed by atoms with van der Waals surface area (Å²) in [6.45, 7) is 0.267. The summed E-state index contributed by atoms with van der Waals surface area (Å²) in [7, 11) is 0. The smallest absolute Gasteiger partial charge is 0.347 e. The average molecular weight is 347 g/mol. The largest absolute Gasteiger partial charge is 0.379 e. The number of fused-ring (bicyclic) bond motifs is 2. The molecule has 1 N–H and O–H groups in total. The first kappa shape index (κ1) is 14.7. The number of hydrogen-bond donors (Lipinski definition) is 1. The third kappa shape index (κ3) is 2.10. The highest BCUT2D eigenvalue weighted by Crippen LogP contribution is 2.54. The summed E-state index contributed by atoms with van der Waals surface area (Å²) >= 11 is 5.60. The van der Waals surface area contributed by atoms with E-state index in [1.54, 1.807) is 0 Å². The van der Waals surface area contributed by atoms with Gasteiger partial charge < -0.3 is 14.6 Å². The lowest BCUT2D eigenvalue weighted by atomic mass is 10.2. The lowest BCUT2D eigenvalue weighted by molar-refractivity contribution is 0.0492. The van der Waals surface area contributed by atoms with Gasteiger partial charge in [0, 0.05) is 12.7 Å². The third-order valence-corrected chi connectivity index (χ3v) is 4.46. The van der Waals surface area contributed by atoms with Crippen molar-refractivity contribution in [3.63, 3.8) is 0 Å². The fraction of sp³-hybridized carbons (Fsp3) is 0.462. The van der Waals surface area contributed by atoms with Crippen molar-refractivity contribution in [3.8, 4) is 0 Å². The minimum absolute atomic E-state index is 0.0375. The lowest BCUT2D eigenvalue weighted by Gasteiger charge is -2.23. The van der Waals surface area contributed by atoms with Gasteiger partial charge in [-0.2, -0.15) is 4.98 Å². The number of aromatic nitrogens is 3. The Hall–Kier alpha value is -1.87. The Morgan fingerprint density at radius 2 is 2.26 bits per heavy atom. The van der Waals surface area contributed by atoms with Gasteiger partial charge in [0.25, 0.3) is 5.92 Å². The number of ether oxygens (including phenoxy) is 1. The van der Waals surface area contributed by atoms with Crippen LogP contribution in [0.3, 0.4) is 0 Å². The van der Waals surface area contributed by atoms with Gasteiger partial charge in [0.15, 0.2) is 11.0 Å². The maximum Gasteiger partial charge on any atom is 0.347 e. The molecule has 0 spiro atoms. The van der Waals surface area contributed by atoms with E-state index in [4.69, 9.17) is 16.3 Å². The van der Waals surface area contributed by atoms with E-state index in [2.05, 4.69) is 15.0 Å². The molecule has 0 radical (unpaired) electrons. The quantitative estimate of drug-likeness (QED) is 0.794. The molecule has 2 fully saturated rings. The Labute approximate surface area is 132 Å². The minimum atomic E-state index is -2.94. The first-order valence-corrected chi connectivity index (χ1v) is 7.25. The first-order chi connectivity index (χ1) is 10.9. The Morgan fingerprint density at radius 3 is 3.04 bits per heavy atom. The summed E-state index contributed by atoms with van der Waals surface area (Å²) in [6, 6.07) is -1.12. The molecule has 2 aliphatic rings. The van der Waals surface area contributed by atoms with Crippen LogP contribution in [0.25, 0.3) is 10.9 Å². The number of alkyl halides is 2. The van der Waals surface area contributed by atoms with E-state index in [1.807, 2.05) is 0 Å². The summed E-state index contributed by atoms with van der Waals surface area (Å²) in [5, 5.41) is -0.297. The maximum atomic E-state index is 14.1. The van der Waals surface area contributed by atoms with Crippen LogP contribution < -0.4 is 10.6 Å². The molecule has 1 aliphatic heterocycles. The molecule has 0 bridgehead atoms. The van der Waals surface area contributed by atoms with E-state index >= 15 is 0 Å². The maximum absolute atomic E-state index is 14.1. The van der Waals surface area contributed by atoms with Gasteiger partial charge in [-0.25, -0.2) is 22.9 Å². The lowest BCUT2D eigenvalue weighted by Crippen LogP contribution is -2.34. The zero-order valence-electron chi connectivity index (χ0n) is 11.5. The molecular formula is C13H10ClF3N4O2. The van der Waals surface area contributed by atoms with Gasteiger partial charge in [0.2, 0.25) is 0 Å². The van der Waals surface area contributed by atoms with Gasteiger partial charge in [-0.05, 0) is 0 Å². The van der Waals surface area contributed by atoms with Crippen molar-refractivity contribution in [1.29, 1.82) is 0 Å². The number of hydrogen-bond acceptors (Lipinski definition) is 5. The number of rotatable bonds is 1. The number of aromatic amines is 1. The topological polar surface area (TPSA) is 71.1 Å². The number of halogens is 4. The number of anilines is 1. The van der Waals surface area contributed by atoms with Crippen LogP contribution in [-0.4, -0.2) is 46.7 Å². The van der Waals surface area contributed by atoms with E-state index in [-0.39, 0.29) is 36.5 Å². The van der Waals surface area contributed by atoms with Gasteiger partial charge in [-0.15, -0.1) is 0 Å². The molecule has 2 unspecified atom stereocenters. The molecule has 0 aromatic carbocycles. The summed E-state index contributed by atoms with van der Waals surface area (Å²) in [4.78, 5) is 22.7. The summed E-state index contributed by atoms with van der Waals surface area (Å²) in [5.41, 5.74) is -1.05. The van der Waals surface area contributed by atoms with Crippen molar-refractivity contribution < 1.29 is 17.9 Å². The number of nitrogens with one attached hydrogen (secondary N) is 1. The van der Waals surface area contributed by atoms with Crippen molar-refractivity contribution in [3.05, 3.63) is 27.7 Å². The van der Waals surface area contributed by atoms with Crippen molar-refractivity contribution in [2.75, 3.05) is 24.7 Å². The second-order valence-electron chi connectivity index (χ2n) is 5.51. The second-order valence-corrected chi connectivity index (χ2v) is 5.87. The number of nitrogens with zero attached hydrogens (tertiary/aromatic N) is 3. The molecule has 0 amide bonds. The normalized spacial score (nSPS) is 26.0. The van der Waals surface area contributed by atoms with Crippen LogP contribution in [0.4, 0.5) is 19.0 Å². The predicted octanol–water partition coefficient (Wildman–Crippen LogP) is 1.58. The zero-order chi connectivity index (χ0) is 16.4. The monoisotopic (exact) mass is 346 g/mol. The van der Waals surface area contributed by atoms with E-state index in [0.29, 0.717) is 0 Å². The fourth-order valence-electron chi connectivity index (χ4n) is 3.02. The van der Waals surface area contributed by atoms with Gasteiger partial charge in [0.05, 0.1) is 30.0 Å². The SMILES string of the molecule is O=c1nc(N2CCOCC3C2C3(F)F)c2cnc(Cl)c(F)c2[nH]1. The number of pyridine rings is 1. The standard InChI is InChI=1S/C13H10ClF3N4O2/c14-10-7(15)8-5(3-18-10)11(20-12(22)19-8)21-1-2-23-4-6-9(21)13(6,16)17/h3,6,9H,1-2,4H2,(H,19,20,22). The summed E-state index contributed by atoms with van der Waals surface area (Å²) < 4.78 is 47.1. The molecule has 2 aromatic heterocycles. The molecule has 1 saturated heterocycles. The molecule has 10 heteroatoms. The predicted molar refractivity (Wildman–Crippen MR) is 75.5 cm³/mol. The highest BCUT2D eigenvalue weighted by molar-refractivity contribution is 6.30. The highest BCUT2D eigenvalue weighted by Gasteiger charge is 2.71. The Morgan fingerprint density at radius 1 is 1.48 bits per heavy atom. The fourth-order valence-corrected chi connectivity index (χ4v) is 3.16. The molecule has 23 heavy (non-hydrogen) atoms. The van der Waals surface area contributed by atoms with Crippen molar-refractivity contribution >= 4 is 28.3 Å². The molecule has 1 aliphatic carbocycles. The Bertz CT molecular complexity index is 859. The van der Waals surface area contributed by atoms with Crippen molar-refractivity contribution in [1.82, 2.24) is 15.0 Å². The molecule has 6 nitrogen and oxygen atoms in total. The van der Waals surface area contributed by atoms with Crippen LogP contribution in [0.1, 0.15) is 0 Å². The highest BCUT2D eigenvalue weighted by atomic mass is 35.5. The van der Waals surface area contributed by atoms with Crippen LogP contribution >= 0.6 is 11.6 Å². The van der Waals surface area contributed by atoms with Crippen LogP contribution in [0.5, 0.6) is 0 Å². The van der Waals surface area contributed by atoms with Crippen LogP contribution in [-0.2, 0) is 4.74 Å². The second kappa shape index (κ2) is 4.81. The van der Waals surface area contributed by atoms with Crippen LogP contribution in [0, 0.1) is 11.7 Å². The van der Waals surface area contributed by atoms with E-state index in [1.165, 1.54) is 11.1 Å². The summed E-state index contributed by atoms with van der Waals surface area (Å²) in [5.74, 6) is -4.86. The number of H-pyrrole nitrogens is 1. The van der Waals surface area contributed by atoms with Crippen molar-refractivity contribution in [2.45, 2.75) is 12.0 Å². The zero-order valence-corrected chi connectivity index (χ0v) is 12.3. The Balaban J connectivity index is 1.91. The molecule has 2 atom stereocenters. The van der Waals surface area contributed by atoms with Gasteiger partial charge in [0.1, 0.15) is 11.9 Å². The third-order valence-electron chi connectivity index (χ3n) is 4.20. The molecule has 3 heterocycles. The van der Waals surface area contributed by atoms with Gasteiger partial charge >= 0.3 is 5.69 Å². The summed E-state index contributed by atoms with van der Waals surface area (Å²) in [6.07, 6.45) is 1.21. The van der Waals surface area contributed by atoms with Gasteiger partial charge in [-0.3, -0.25) is 0 Å².